The monoisotopic (exact) mass is 359 g/mol. The van der Waals surface area contributed by atoms with Gasteiger partial charge in [0.25, 0.3) is 0 Å². The molecule has 1 spiro atoms. The maximum Gasteiger partial charge on any atom is 0.228 e. The Labute approximate surface area is 155 Å². The predicted octanol–water partition coefficient (Wildman–Crippen LogP) is 2.61. The topological polar surface area (TPSA) is 44.4 Å². The fourth-order valence-corrected chi connectivity index (χ4v) is 5.27. The molecular weight excluding hydrogens is 330 g/mol. The summed E-state index contributed by atoms with van der Waals surface area (Å²) in [5, 5.41) is 6.53. The van der Waals surface area contributed by atoms with Crippen molar-refractivity contribution in [3.05, 3.63) is 29.8 Å². The molecule has 4 rings (SSSR count). The van der Waals surface area contributed by atoms with Crippen molar-refractivity contribution >= 4 is 23.4 Å². The summed E-state index contributed by atoms with van der Waals surface area (Å²) >= 11 is 2.06. The van der Waals surface area contributed by atoms with Crippen LogP contribution in [0.25, 0.3) is 0 Å². The highest BCUT2D eigenvalue weighted by Crippen LogP contribution is 2.58. The van der Waals surface area contributed by atoms with Gasteiger partial charge in [-0.3, -0.25) is 4.79 Å². The fourth-order valence-electron chi connectivity index (χ4n) is 4.29. The molecule has 1 aromatic rings. The highest BCUT2D eigenvalue weighted by atomic mass is 32.2. The molecule has 2 saturated heterocycles. The Balaban J connectivity index is 1.25. The Morgan fingerprint density at radius 3 is 2.64 bits per heavy atom. The van der Waals surface area contributed by atoms with Crippen molar-refractivity contribution in [1.82, 2.24) is 10.2 Å². The van der Waals surface area contributed by atoms with E-state index in [0.29, 0.717) is 5.41 Å². The number of amides is 1. The first-order valence-corrected chi connectivity index (χ1v) is 10.8. The summed E-state index contributed by atoms with van der Waals surface area (Å²) in [5.74, 6) is 2.99. The predicted molar refractivity (Wildman–Crippen MR) is 105 cm³/mol. The summed E-state index contributed by atoms with van der Waals surface area (Å²) in [6.45, 7) is 5.71. The van der Waals surface area contributed by atoms with Crippen molar-refractivity contribution in [2.24, 2.45) is 11.3 Å². The van der Waals surface area contributed by atoms with Gasteiger partial charge in [0.2, 0.25) is 5.91 Å². The average Bonchev–Trinajstić information content (AvgIpc) is 3.35. The number of anilines is 1. The summed E-state index contributed by atoms with van der Waals surface area (Å²) < 4.78 is 0. The van der Waals surface area contributed by atoms with Gasteiger partial charge in [0, 0.05) is 42.7 Å². The third kappa shape index (κ3) is 4.21. The summed E-state index contributed by atoms with van der Waals surface area (Å²) in [6, 6.07) is 8.47. The van der Waals surface area contributed by atoms with Gasteiger partial charge < -0.3 is 15.5 Å². The standard InChI is InChI=1S/C20H29N3OS/c24-19(18-15-20(18)6-8-21-9-7-20)22-17-3-1-16(2-4-17)5-10-23-11-13-25-14-12-23/h1-4,18,21H,5-15H2,(H,22,24). The van der Waals surface area contributed by atoms with E-state index >= 15 is 0 Å². The van der Waals surface area contributed by atoms with Crippen LogP contribution in [0.4, 0.5) is 5.69 Å². The highest BCUT2D eigenvalue weighted by Gasteiger charge is 2.57. The number of hydrogen-bond acceptors (Lipinski definition) is 4. The van der Waals surface area contributed by atoms with Crippen LogP contribution in [0.3, 0.4) is 0 Å². The third-order valence-corrected chi connectivity index (χ3v) is 7.09. The zero-order valence-corrected chi connectivity index (χ0v) is 15.7. The van der Waals surface area contributed by atoms with Crippen LogP contribution in [-0.2, 0) is 11.2 Å². The summed E-state index contributed by atoms with van der Waals surface area (Å²) in [4.78, 5) is 15.1. The van der Waals surface area contributed by atoms with Crippen LogP contribution in [-0.4, -0.2) is 55.0 Å². The van der Waals surface area contributed by atoms with Gasteiger partial charge in [0.05, 0.1) is 0 Å². The first-order valence-electron chi connectivity index (χ1n) is 9.66. The third-order valence-electron chi connectivity index (χ3n) is 6.15. The first kappa shape index (κ1) is 17.4. The number of benzene rings is 1. The number of thioether (sulfide) groups is 1. The van der Waals surface area contributed by atoms with Crippen LogP contribution >= 0.6 is 11.8 Å². The molecule has 4 nitrogen and oxygen atoms in total. The van der Waals surface area contributed by atoms with Gasteiger partial charge in [-0.25, -0.2) is 0 Å². The van der Waals surface area contributed by atoms with Gasteiger partial charge in [-0.2, -0.15) is 11.8 Å². The smallest absolute Gasteiger partial charge is 0.228 e. The molecule has 1 amide bonds. The second-order valence-electron chi connectivity index (χ2n) is 7.76. The molecule has 25 heavy (non-hydrogen) atoms. The van der Waals surface area contributed by atoms with E-state index in [4.69, 9.17) is 0 Å². The first-order chi connectivity index (χ1) is 12.3. The van der Waals surface area contributed by atoms with Crippen molar-refractivity contribution in [3.8, 4) is 0 Å². The van der Waals surface area contributed by atoms with Gasteiger partial charge in [-0.05, 0) is 61.9 Å². The van der Waals surface area contributed by atoms with Crippen molar-refractivity contribution in [1.29, 1.82) is 0 Å². The molecule has 1 unspecified atom stereocenters. The van der Waals surface area contributed by atoms with Gasteiger partial charge in [-0.15, -0.1) is 0 Å². The minimum absolute atomic E-state index is 0.223. The number of nitrogens with zero attached hydrogens (tertiary/aromatic N) is 1. The number of carbonyl (C=O) groups is 1. The largest absolute Gasteiger partial charge is 0.326 e. The number of nitrogens with one attached hydrogen (secondary N) is 2. The number of carbonyl (C=O) groups excluding carboxylic acids is 1. The second-order valence-corrected chi connectivity index (χ2v) is 8.98. The SMILES string of the molecule is O=C(Nc1ccc(CCN2CCSCC2)cc1)C1CC12CCNCC2. The second kappa shape index (κ2) is 7.68. The lowest BCUT2D eigenvalue weighted by Gasteiger charge is -2.26. The molecule has 3 fully saturated rings. The van der Waals surface area contributed by atoms with E-state index in [1.165, 1.54) is 30.2 Å². The highest BCUT2D eigenvalue weighted by molar-refractivity contribution is 7.99. The van der Waals surface area contributed by atoms with E-state index < -0.39 is 0 Å². The van der Waals surface area contributed by atoms with Crippen LogP contribution in [0, 0.1) is 11.3 Å². The Morgan fingerprint density at radius 1 is 1.20 bits per heavy atom. The van der Waals surface area contributed by atoms with Crippen LogP contribution in [0.1, 0.15) is 24.8 Å². The van der Waals surface area contributed by atoms with E-state index in [1.54, 1.807) is 0 Å². The molecule has 1 saturated carbocycles. The molecule has 1 aliphatic carbocycles. The Bertz CT molecular complexity index is 591. The van der Waals surface area contributed by atoms with Gasteiger partial charge in [0.1, 0.15) is 0 Å². The molecule has 2 heterocycles. The summed E-state index contributed by atoms with van der Waals surface area (Å²) in [6.07, 6.45) is 4.47. The molecule has 0 radical (unpaired) electrons. The van der Waals surface area contributed by atoms with Crippen LogP contribution in [0.5, 0.6) is 0 Å². The average molecular weight is 360 g/mol. The quantitative estimate of drug-likeness (QED) is 0.848. The summed E-state index contributed by atoms with van der Waals surface area (Å²) in [5.41, 5.74) is 2.61. The van der Waals surface area contributed by atoms with E-state index in [0.717, 1.165) is 51.0 Å². The van der Waals surface area contributed by atoms with E-state index in [-0.39, 0.29) is 11.8 Å². The van der Waals surface area contributed by atoms with E-state index in [9.17, 15) is 4.79 Å². The summed E-state index contributed by atoms with van der Waals surface area (Å²) in [7, 11) is 0. The molecule has 2 N–H and O–H groups in total. The lowest BCUT2D eigenvalue weighted by atomic mass is 9.92. The van der Waals surface area contributed by atoms with Crippen molar-refractivity contribution in [3.63, 3.8) is 0 Å². The number of hydrogen-bond donors (Lipinski definition) is 2. The Kier molecular flexibility index (Phi) is 5.34. The van der Waals surface area contributed by atoms with Crippen LogP contribution in [0.15, 0.2) is 24.3 Å². The zero-order valence-electron chi connectivity index (χ0n) is 14.9. The Hall–Kier alpha value is -1.04. The molecular formula is C20H29N3OS. The maximum atomic E-state index is 12.5. The van der Waals surface area contributed by atoms with Crippen LogP contribution < -0.4 is 10.6 Å². The maximum absolute atomic E-state index is 12.5. The van der Waals surface area contributed by atoms with E-state index in [2.05, 4.69) is 51.6 Å². The molecule has 2 aliphatic heterocycles. The van der Waals surface area contributed by atoms with Crippen molar-refractivity contribution < 1.29 is 4.79 Å². The molecule has 136 valence electrons. The molecule has 1 aromatic carbocycles. The van der Waals surface area contributed by atoms with Gasteiger partial charge in [-0.1, -0.05) is 12.1 Å². The van der Waals surface area contributed by atoms with Crippen LogP contribution in [0.2, 0.25) is 0 Å². The van der Waals surface area contributed by atoms with Gasteiger partial charge in [0.15, 0.2) is 0 Å². The van der Waals surface area contributed by atoms with Crippen molar-refractivity contribution in [2.75, 3.05) is 49.5 Å². The number of piperidine rings is 1. The van der Waals surface area contributed by atoms with Gasteiger partial charge >= 0.3 is 0 Å². The minimum Gasteiger partial charge on any atom is -0.326 e. The van der Waals surface area contributed by atoms with E-state index in [1.807, 2.05) is 0 Å². The molecule has 0 aromatic heterocycles. The molecule has 3 aliphatic rings. The normalized spacial score (nSPS) is 25.7. The molecule has 0 bridgehead atoms. The zero-order chi connectivity index (χ0) is 17.1. The molecule has 5 heteroatoms. The molecule has 1 atom stereocenters. The number of rotatable bonds is 5. The Morgan fingerprint density at radius 2 is 1.92 bits per heavy atom. The minimum atomic E-state index is 0.223. The van der Waals surface area contributed by atoms with Crippen molar-refractivity contribution in [2.45, 2.75) is 25.7 Å². The lowest BCUT2D eigenvalue weighted by Crippen LogP contribution is -2.34. The fraction of sp³-hybridized carbons (Fsp3) is 0.650. The lowest BCUT2D eigenvalue weighted by molar-refractivity contribution is -0.118.